The van der Waals surface area contributed by atoms with E-state index in [4.69, 9.17) is 4.74 Å². The highest BCUT2D eigenvalue weighted by atomic mass is 16.5. The molecule has 0 bridgehead atoms. The third-order valence-corrected chi connectivity index (χ3v) is 5.62. The quantitative estimate of drug-likeness (QED) is 0.347. The molecule has 0 aliphatic rings. The number of rotatable bonds is 3. The fraction of sp³-hybridized carbons (Fsp3) is 0.0741. The maximum Gasteiger partial charge on any atom is 0.119 e. The highest BCUT2D eigenvalue weighted by Gasteiger charge is 2.18. The van der Waals surface area contributed by atoms with Crippen LogP contribution in [-0.4, -0.2) is 11.7 Å². The molecule has 0 spiro atoms. The second-order valence-electron chi connectivity index (χ2n) is 7.40. The number of hydrogen-bond donors (Lipinski definition) is 0. The van der Waals surface area contributed by atoms with E-state index in [0.29, 0.717) is 5.56 Å². The molecule has 1 heterocycles. The minimum absolute atomic E-state index is 0.664. The Labute approximate surface area is 175 Å². The van der Waals surface area contributed by atoms with E-state index in [-0.39, 0.29) is 0 Å². The van der Waals surface area contributed by atoms with Gasteiger partial charge in [-0.15, -0.1) is 0 Å². The van der Waals surface area contributed by atoms with Gasteiger partial charge in [-0.3, -0.25) is 0 Å². The third-order valence-electron chi connectivity index (χ3n) is 5.62. The largest absolute Gasteiger partial charge is 0.497 e. The number of nitriles is 1. The van der Waals surface area contributed by atoms with Gasteiger partial charge in [0.2, 0.25) is 0 Å². The second kappa shape index (κ2) is 7.09. The Bertz CT molecular complexity index is 1440. The molecule has 4 aromatic carbocycles. The SMILES string of the molecule is COc1ccc2c(c1)c1ccccc1n2-c1c(C)cc(C#N)cc1-c1ccccc1. The molecule has 1 aromatic heterocycles. The van der Waals surface area contributed by atoms with Crippen molar-refractivity contribution in [1.29, 1.82) is 5.26 Å². The Hall–Kier alpha value is -4.03. The first-order chi connectivity index (χ1) is 14.7. The first kappa shape index (κ1) is 18.0. The van der Waals surface area contributed by atoms with Crippen molar-refractivity contribution in [2.75, 3.05) is 7.11 Å². The van der Waals surface area contributed by atoms with Gasteiger partial charge in [-0.05, 0) is 54.4 Å². The fourth-order valence-corrected chi connectivity index (χ4v) is 4.30. The minimum Gasteiger partial charge on any atom is -0.497 e. The first-order valence-corrected chi connectivity index (χ1v) is 9.89. The summed E-state index contributed by atoms with van der Waals surface area (Å²) < 4.78 is 7.80. The topological polar surface area (TPSA) is 38.0 Å². The fourth-order valence-electron chi connectivity index (χ4n) is 4.30. The Kier molecular flexibility index (Phi) is 4.26. The summed E-state index contributed by atoms with van der Waals surface area (Å²) in [7, 11) is 1.69. The average molecular weight is 388 g/mol. The molecule has 0 aliphatic heterocycles. The molecule has 0 aliphatic carbocycles. The summed E-state index contributed by atoms with van der Waals surface area (Å²) in [6, 6.07) is 31.2. The zero-order valence-electron chi connectivity index (χ0n) is 16.9. The van der Waals surface area contributed by atoms with E-state index in [2.05, 4.69) is 66.1 Å². The van der Waals surface area contributed by atoms with Crippen LogP contribution in [0.4, 0.5) is 0 Å². The molecule has 30 heavy (non-hydrogen) atoms. The predicted molar refractivity (Wildman–Crippen MR) is 122 cm³/mol. The molecule has 3 nitrogen and oxygen atoms in total. The Morgan fingerprint density at radius 3 is 2.30 bits per heavy atom. The molecular weight excluding hydrogens is 368 g/mol. The smallest absolute Gasteiger partial charge is 0.119 e. The Morgan fingerprint density at radius 2 is 1.53 bits per heavy atom. The third kappa shape index (κ3) is 2.74. The number of hydrogen-bond acceptors (Lipinski definition) is 2. The van der Waals surface area contributed by atoms with Crippen LogP contribution in [-0.2, 0) is 0 Å². The lowest BCUT2D eigenvalue weighted by Gasteiger charge is -2.17. The van der Waals surface area contributed by atoms with Crippen LogP contribution in [0.5, 0.6) is 5.75 Å². The molecule has 0 unspecified atom stereocenters. The summed E-state index contributed by atoms with van der Waals surface area (Å²) in [4.78, 5) is 0. The number of methoxy groups -OCH3 is 1. The zero-order chi connectivity index (χ0) is 20.7. The first-order valence-electron chi connectivity index (χ1n) is 9.89. The van der Waals surface area contributed by atoms with E-state index in [1.165, 1.54) is 5.39 Å². The van der Waals surface area contributed by atoms with Gasteiger partial charge in [0.05, 0.1) is 35.5 Å². The van der Waals surface area contributed by atoms with Crippen LogP contribution in [0.1, 0.15) is 11.1 Å². The van der Waals surface area contributed by atoms with Crippen LogP contribution in [0, 0.1) is 18.3 Å². The molecule has 5 aromatic rings. The van der Waals surface area contributed by atoms with Gasteiger partial charge in [0.25, 0.3) is 0 Å². The van der Waals surface area contributed by atoms with Crippen molar-refractivity contribution >= 4 is 21.8 Å². The van der Waals surface area contributed by atoms with E-state index >= 15 is 0 Å². The van der Waals surface area contributed by atoms with Gasteiger partial charge < -0.3 is 9.30 Å². The molecule has 0 saturated carbocycles. The van der Waals surface area contributed by atoms with Crippen molar-refractivity contribution < 1.29 is 4.74 Å². The van der Waals surface area contributed by atoms with Gasteiger partial charge in [-0.25, -0.2) is 0 Å². The average Bonchev–Trinajstić information content (AvgIpc) is 3.12. The molecule has 5 rings (SSSR count). The van der Waals surface area contributed by atoms with E-state index in [9.17, 15) is 5.26 Å². The van der Waals surface area contributed by atoms with Gasteiger partial charge >= 0.3 is 0 Å². The van der Waals surface area contributed by atoms with Crippen molar-refractivity contribution in [1.82, 2.24) is 4.57 Å². The summed E-state index contributed by atoms with van der Waals surface area (Å²) in [5.74, 6) is 0.838. The predicted octanol–water partition coefficient (Wildman–Crippen LogP) is 6.64. The van der Waals surface area contributed by atoms with E-state index < -0.39 is 0 Å². The minimum atomic E-state index is 0.664. The molecule has 0 fully saturated rings. The van der Waals surface area contributed by atoms with Crippen molar-refractivity contribution in [3.05, 3.63) is 96.1 Å². The molecule has 0 radical (unpaired) electrons. The van der Waals surface area contributed by atoms with Crippen LogP contribution in [0.2, 0.25) is 0 Å². The summed E-state index contributed by atoms with van der Waals surface area (Å²) in [5.41, 5.74) is 7.20. The number of ether oxygens (including phenoxy) is 1. The van der Waals surface area contributed by atoms with Crippen molar-refractivity contribution in [3.63, 3.8) is 0 Å². The van der Waals surface area contributed by atoms with Crippen LogP contribution in [0.15, 0.2) is 84.9 Å². The van der Waals surface area contributed by atoms with E-state index in [0.717, 1.165) is 44.5 Å². The van der Waals surface area contributed by atoms with Gasteiger partial charge in [0.15, 0.2) is 0 Å². The number of fused-ring (bicyclic) bond motifs is 3. The number of aryl methyl sites for hydroxylation is 1. The molecule has 0 saturated heterocycles. The lowest BCUT2D eigenvalue weighted by molar-refractivity contribution is 0.415. The normalized spacial score (nSPS) is 11.0. The van der Waals surface area contributed by atoms with Gasteiger partial charge in [0.1, 0.15) is 5.75 Å². The maximum atomic E-state index is 9.59. The zero-order valence-corrected chi connectivity index (χ0v) is 16.9. The molecule has 0 N–H and O–H groups in total. The van der Waals surface area contributed by atoms with Crippen molar-refractivity contribution in [2.45, 2.75) is 6.92 Å². The van der Waals surface area contributed by atoms with Gasteiger partial charge in [-0.1, -0.05) is 48.5 Å². The standard InChI is InChI=1S/C27H20N2O/c1-18-14-19(17-28)15-23(20-8-4-3-5-9-20)27(18)29-25-11-7-6-10-22(25)24-16-21(30-2)12-13-26(24)29/h3-16H,1-2H3. The van der Waals surface area contributed by atoms with Crippen LogP contribution in [0.25, 0.3) is 38.6 Å². The highest BCUT2D eigenvalue weighted by Crippen LogP contribution is 2.39. The number of aromatic nitrogens is 1. The van der Waals surface area contributed by atoms with Gasteiger partial charge in [-0.2, -0.15) is 5.26 Å². The maximum absolute atomic E-state index is 9.59. The Balaban J connectivity index is 1.95. The highest BCUT2D eigenvalue weighted by molar-refractivity contribution is 6.10. The van der Waals surface area contributed by atoms with Gasteiger partial charge in [0, 0.05) is 16.3 Å². The Morgan fingerprint density at radius 1 is 0.800 bits per heavy atom. The molecule has 0 amide bonds. The lowest BCUT2D eigenvalue weighted by Crippen LogP contribution is -2.01. The summed E-state index contributed by atoms with van der Waals surface area (Å²) in [5, 5.41) is 11.9. The van der Waals surface area contributed by atoms with Crippen LogP contribution >= 0.6 is 0 Å². The number of benzene rings is 4. The summed E-state index contributed by atoms with van der Waals surface area (Å²) in [6.45, 7) is 2.08. The van der Waals surface area contributed by atoms with E-state index in [1.54, 1.807) is 7.11 Å². The summed E-state index contributed by atoms with van der Waals surface area (Å²) >= 11 is 0. The molecule has 144 valence electrons. The van der Waals surface area contributed by atoms with Crippen molar-refractivity contribution in [3.8, 4) is 28.6 Å². The van der Waals surface area contributed by atoms with Crippen LogP contribution in [0.3, 0.4) is 0 Å². The molecule has 0 atom stereocenters. The lowest BCUT2D eigenvalue weighted by atomic mass is 9.97. The molecular formula is C27H20N2O. The van der Waals surface area contributed by atoms with Crippen LogP contribution < -0.4 is 4.74 Å². The van der Waals surface area contributed by atoms with Crippen molar-refractivity contribution in [2.24, 2.45) is 0 Å². The monoisotopic (exact) mass is 388 g/mol. The summed E-state index contributed by atoms with van der Waals surface area (Å²) in [6.07, 6.45) is 0. The van der Waals surface area contributed by atoms with E-state index in [1.807, 2.05) is 36.4 Å². The number of nitrogens with zero attached hydrogens (tertiary/aromatic N) is 2. The molecule has 3 heteroatoms. The second-order valence-corrected chi connectivity index (χ2v) is 7.40. The number of para-hydroxylation sites is 1.